The van der Waals surface area contributed by atoms with Crippen LogP contribution in [0.2, 0.25) is 0 Å². The van der Waals surface area contributed by atoms with Crippen LogP contribution in [0.15, 0.2) is 66.7 Å². The van der Waals surface area contributed by atoms with Crippen LogP contribution in [0.3, 0.4) is 0 Å². The fraction of sp³-hybridized carbons (Fsp3) is 0.227. The van der Waals surface area contributed by atoms with Crippen LogP contribution in [-0.4, -0.2) is 23.4 Å². The van der Waals surface area contributed by atoms with Crippen molar-refractivity contribution in [3.63, 3.8) is 0 Å². The smallest absolute Gasteiger partial charge is 0.420 e. The lowest BCUT2D eigenvalue weighted by Crippen LogP contribution is -2.26. The fourth-order valence-corrected chi connectivity index (χ4v) is 3.03. The number of halogens is 4. The van der Waals surface area contributed by atoms with Gasteiger partial charge in [0, 0.05) is 19.2 Å². The summed E-state index contributed by atoms with van der Waals surface area (Å²) in [6.45, 7) is 0.683. The summed E-state index contributed by atoms with van der Waals surface area (Å²) in [5.41, 5.74) is 0.883. The number of methoxy groups -OCH3 is 1. The molecule has 8 heteroatoms. The minimum Gasteiger partial charge on any atom is -0.480 e. The van der Waals surface area contributed by atoms with Gasteiger partial charge in [-0.3, -0.25) is 0 Å². The van der Waals surface area contributed by atoms with Crippen LogP contribution in [0.1, 0.15) is 22.9 Å². The molecule has 0 aliphatic heterocycles. The molecule has 0 saturated carbocycles. The summed E-state index contributed by atoms with van der Waals surface area (Å²) in [6.07, 6.45) is -8.09. The maximum absolute atomic E-state index is 14.6. The van der Waals surface area contributed by atoms with Crippen LogP contribution in [0.25, 0.3) is 0 Å². The maximum Gasteiger partial charge on any atom is 0.420 e. The summed E-state index contributed by atoms with van der Waals surface area (Å²) in [5, 5.41) is 9.46. The highest BCUT2D eigenvalue weighted by molar-refractivity contribution is 5.57. The number of aromatic nitrogens is 1. The Kier molecular flexibility index (Phi) is 6.56. The first-order valence-corrected chi connectivity index (χ1v) is 9.11. The number of anilines is 1. The number of aliphatic hydroxyl groups excluding tert-OH is 1. The summed E-state index contributed by atoms with van der Waals surface area (Å²) in [5.74, 6) is -1.47. The third-order valence-corrected chi connectivity index (χ3v) is 4.48. The average Bonchev–Trinajstić information content (AvgIpc) is 2.73. The van der Waals surface area contributed by atoms with Crippen LogP contribution in [-0.2, 0) is 13.1 Å². The monoisotopic (exact) mass is 420 g/mol. The van der Waals surface area contributed by atoms with Crippen LogP contribution in [0.5, 0.6) is 5.88 Å². The van der Waals surface area contributed by atoms with E-state index < -0.39 is 23.8 Å². The molecule has 1 N–H and O–H groups in total. The Balaban J connectivity index is 2.04. The predicted molar refractivity (Wildman–Crippen MR) is 105 cm³/mol. The molecule has 0 aliphatic rings. The summed E-state index contributed by atoms with van der Waals surface area (Å²) in [6, 6.07) is 19.6. The van der Waals surface area contributed by atoms with E-state index in [0.717, 1.165) is 17.2 Å². The molecule has 1 heterocycles. The predicted octanol–water partition coefficient (Wildman–Crippen LogP) is 5.03. The Morgan fingerprint density at radius 2 is 1.47 bits per heavy atom. The number of benzene rings is 2. The van der Waals surface area contributed by atoms with Crippen LogP contribution < -0.4 is 9.64 Å². The van der Waals surface area contributed by atoms with Gasteiger partial charge in [-0.05, 0) is 11.1 Å². The van der Waals surface area contributed by atoms with E-state index in [-0.39, 0.29) is 11.6 Å². The van der Waals surface area contributed by atoms with Gasteiger partial charge in [-0.25, -0.2) is 9.37 Å². The van der Waals surface area contributed by atoms with Crippen molar-refractivity contribution in [3.05, 3.63) is 89.4 Å². The normalized spacial score (nSPS) is 12.5. The molecule has 3 rings (SSSR count). The Morgan fingerprint density at radius 1 is 0.967 bits per heavy atom. The first kappa shape index (κ1) is 21.6. The van der Waals surface area contributed by atoms with E-state index in [1.165, 1.54) is 7.11 Å². The number of rotatable bonds is 7. The van der Waals surface area contributed by atoms with Gasteiger partial charge < -0.3 is 14.7 Å². The summed E-state index contributed by atoms with van der Waals surface area (Å²) in [4.78, 5) is 5.41. The minimum absolute atomic E-state index is 0.181. The first-order chi connectivity index (χ1) is 14.3. The second kappa shape index (κ2) is 9.13. The van der Waals surface area contributed by atoms with Crippen molar-refractivity contribution in [2.45, 2.75) is 25.4 Å². The first-order valence-electron chi connectivity index (χ1n) is 9.11. The molecule has 30 heavy (non-hydrogen) atoms. The summed E-state index contributed by atoms with van der Waals surface area (Å²) in [7, 11) is 1.23. The molecule has 2 aromatic carbocycles. The van der Waals surface area contributed by atoms with Gasteiger partial charge >= 0.3 is 6.18 Å². The van der Waals surface area contributed by atoms with E-state index in [4.69, 9.17) is 4.74 Å². The fourth-order valence-electron chi connectivity index (χ4n) is 3.03. The highest BCUT2D eigenvalue weighted by atomic mass is 19.4. The molecular weight excluding hydrogens is 400 g/mol. The lowest BCUT2D eigenvalue weighted by Gasteiger charge is -2.27. The van der Waals surface area contributed by atoms with Crippen LogP contribution in [0.4, 0.5) is 23.2 Å². The van der Waals surface area contributed by atoms with Gasteiger partial charge in [0.25, 0.3) is 0 Å². The number of hydrogen-bond acceptors (Lipinski definition) is 4. The number of alkyl halides is 3. The van der Waals surface area contributed by atoms with Crippen molar-refractivity contribution < 1.29 is 27.4 Å². The summed E-state index contributed by atoms with van der Waals surface area (Å²) < 4.78 is 58.4. The molecule has 1 aromatic heterocycles. The molecule has 0 amide bonds. The van der Waals surface area contributed by atoms with E-state index in [1.807, 2.05) is 60.7 Å². The molecule has 0 fully saturated rings. The van der Waals surface area contributed by atoms with Crippen LogP contribution >= 0.6 is 0 Å². The average molecular weight is 420 g/mol. The largest absolute Gasteiger partial charge is 0.480 e. The van der Waals surface area contributed by atoms with Crippen molar-refractivity contribution >= 4 is 5.69 Å². The molecule has 4 nitrogen and oxygen atoms in total. The Bertz CT molecular complexity index is 925. The number of ether oxygens (including phenoxy) is 1. The number of nitrogens with zero attached hydrogens (tertiary/aromatic N) is 2. The second-order valence-electron chi connectivity index (χ2n) is 6.66. The van der Waals surface area contributed by atoms with Gasteiger partial charge in [-0.1, -0.05) is 60.7 Å². The van der Waals surface area contributed by atoms with Gasteiger partial charge in [0.1, 0.15) is 17.2 Å². The van der Waals surface area contributed by atoms with Gasteiger partial charge in [0.05, 0.1) is 7.11 Å². The maximum atomic E-state index is 14.6. The topological polar surface area (TPSA) is 45.6 Å². The van der Waals surface area contributed by atoms with Crippen molar-refractivity contribution in [2.75, 3.05) is 12.0 Å². The van der Waals surface area contributed by atoms with Gasteiger partial charge in [-0.15, -0.1) is 0 Å². The standard InChI is InChI=1S/C22H20F4N2O2/c1-30-21-18(12-17(23)19(27-21)20(29)22(24,25)26)28(13-15-8-4-2-5-9-15)14-16-10-6-3-7-11-16/h2-12,20,29H,13-14H2,1H3. The highest BCUT2D eigenvalue weighted by Gasteiger charge is 2.42. The van der Waals surface area contributed by atoms with Gasteiger partial charge in [0.2, 0.25) is 5.88 Å². The molecular formula is C22H20F4N2O2. The van der Waals surface area contributed by atoms with E-state index >= 15 is 0 Å². The van der Waals surface area contributed by atoms with E-state index in [2.05, 4.69) is 4.98 Å². The lowest BCUT2D eigenvalue weighted by atomic mass is 10.1. The zero-order valence-corrected chi connectivity index (χ0v) is 16.1. The molecule has 0 aliphatic carbocycles. The Labute approximate surface area is 171 Å². The quantitative estimate of drug-likeness (QED) is 0.545. The molecule has 0 saturated heterocycles. The molecule has 0 spiro atoms. The van der Waals surface area contributed by atoms with Crippen molar-refractivity contribution in [3.8, 4) is 5.88 Å². The van der Waals surface area contributed by atoms with E-state index in [9.17, 15) is 22.7 Å². The molecule has 1 unspecified atom stereocenters. The molecule has 1 atom stereocenters. The summed E-state index contributed by atoms with van der Waals surface area (Å²) >= 11 is 0. The van der Waals surface area contributed by atoms with Crippen molar-refractivity contribution in [1.82, 2.24) is 4.98 Å². The van der Waals surface area contributed by atoms with Gasteiger partial charge in [0.15, 0.2) is 6.10 Å². The third kappa shape index (κ3) is 5.07. The zero-order chi connectivity index (χ0) is 21.7. The number of aliphatic hydroxyl groups is 1. The van der Waals surface area contributed by atoms with Crippen molar-refractivity contribution in [1.29, 1.82) is 0 Å². The van der Waals surface area contributed by atoms with E-state index in [0.29, 0.717) is 13.1 Å². The van der Waals surface area contributed by atoms with Crippen molar-refractivity contribution in [2.24, 2.45) is 0 Å². The SMILES string of the molecule is COc1nc(C(O)C(F)(F)F)c(F)cc1N(Cc1ccccc1)Cc1ccccc1. The van der Waals surface area contributed by atoms with E-state index in [1.54, 1.807) is 4.90 Å². The molecule has 0 bridgehead atoms. The Morgan fingerprint density at radius 3 is 1.90 bits per heavy atom. The van der Waals surface area contributed by atoms with Gasteiger partial charge in [-0.2, -0.15) is 13.2 Å². The lowest BCUT2D eigenvalue weighted by molar-refractivity contribution is -0.208. The zero-order valence-electron chi connectivity index (χ0n) is 16.1. The molecule has 0 radical (unpaired) electrons. The number of pyridine rings is 1. The third-order valence-electron chi connectivity index (χ3n) is 4.48. The molecule has 3 aromatic rings. The molecule has 158 valence electrons. The highest BCUT2D eigenvalue weighted by Crippen LogP contribution is 2.37. The number of hydrogen-bond donors (Lipinski definition) is 1. The van der Waals surface area contributed by atoms with Crippen LogP contribution in [0, 0.1) is 5.82 Å². The minimum atomic E-state index is -5.05. The second-order valence-corrected chi connectivity index (χ2v) is 6.66. The Hall–Kier alpha value is -3.13.